The third-order valence-electron chi connectivity index (χ3n) is 3.80. The van der Waals surface area contributed by atoms with Crippen LogP contribution in [0.1, 0.15) is 57.7 Å². The Morgan fingerprint density at radius 2 is 1.78 bits per heavy atom. The van der Waals surface area contributed by atoms with Crippen molar-refractivity contribution < 1.29 is 8.78 Å². The lowest BCUT2D eigenvalue weighted by atomic mass is 9.73. The van der Waals surface area contributed by atoms with Crippen LogP contribution in [0.5, 0.6) is 0 Å². The molecule has 1 aromatic rings. The smallest absolute Gasteiger partial charge is 0.248 e. The van der Waals surface area contributed by atoms with Gasteiger partial charge in [-0.2, -0.15) is 5.10 Å². The summed E-state index contributed by atoms with van der Waals surface area (Å²) in [6, 6.07) is 0. The molecular formula is C13H21F2N3. The molecule has 3 nitrogen and oxygen atoms in total. The zero-order chi connectivity index (χ0) is 13.6. The van der Waals surface area contributed by atoms with E-state index in [1.807, 2.05) is 0 Å². The minimum absolute atomic E-state index is 0.113. The lowest BCUT2D eigenvalue weighted by molar-refractivity contribution is -0.0515. The maximum absolute atomic E-state index is 13.2. The van der Waals surface area contributed by atoms with Crippen LogP contribution in [-0.4, -0.2) is 16.1 Å². The van der Waals surface area contributed by atoms with Crippen LogP contribution < -0.4 is 5.73 Å². The van der Waals surface area contributed by atoms with Crippen LogP contribution >= 0.6 is 0 Å². The Morgan fingerprint density at radius 3 is 2.28 bits per heavy atom. The number of nitrogens with one attached hydrogen (secondary N) is 1. The average molecular weight is 257 g/mol. The molecule has 102 valence electrons. The van der Waals surface area contributed by atoms with Gasteiger partial charge in [0.1, 0.15) is 0 Å². The first-order valence-corrected chi connectivity index (χ1v) is 6.35. The maximum Gasteiger partial charge on any atom is 0.248 e. The molecule has 0 aromatic carbocycles. The van der Waals surface area contributed by atoms with Gasteiger partial charge in [0, 0.05) is 35.1 Å². The average Bonchev–Trinajstić information content (AvgIpc) is 2.72. The van der Waals surface area contributed by atoms with E-state index in [1.165, 1.54) is 0 Å². The first kappa shape index (κ1) is 13.5. The Morgan fingerprint density at radius 1 is 1.22 bits per heavy atom. The van der Waals surface area contributed by atoms with Crippen LogP contribution in [0.4, 0.5) is 8.78 Å². The molecule has 0 bridgehead atoms. The molecule has 0 radical (unpaired) electrons. The molecule has 1 aromatic heterocycles. The van der Waals surface area contributed by atoms with E-state index in [9.17, 15) is 8.78 Å². The van der Waals surface area contributed by atoms with Gasteiger partial charge in [0.15, 0.2) is 0 Å². The van der Waals surface area contributed by atoms with Crippen molar-refractivity contribution in [3.63, 3.8) is 0 Å². The molecule has 0 amide bonds. The topological polar surface area (TPSA) is 54.7 Å². The highest BCUT2D eigenvalue weighted by Crippen LogP contribution is 2.44. The van der Waals surface area contributed by atoms with Crippen LogP contribution in [-0.2, 0) is 11.0 Å². The van der Waals surface area contributed by atoms with Crippen LogP contribution in [0.3, 0.4) is 0 Å². The molecular weight excluding hydrogens is 236 g/mol. The molecule has 1 aliphatic rings. The first-order chi connectivity index (χ1) is 8.14. The predicted octanol–water partition coefficient (Wildman–Crippen LogP) is 3.07. The molecule has 3 N–H and O–H groups in total. The molecule has 1 aliphatic carbocycles. The third kappa shape index (κ3) is 2.41. The van der Waals surface area contributed by atoms with Crippen molar-refractivity contribution in [2.24, 2.45) is 5.73 Å². The number of hydrogen-bond acceptors (Lipinski definition) is 2. The van der Waals surface area contributed by atoms with Gasteiger partial charge in [0.25, 0.3) is 0 Å². The molecule has 18 heavy (non-hydrogen) atoms. The Bertz CT molecular complexity index is 422. The summed E-state index contributed by atoms with van der Waals surface area (Å²) >= 11 is 0. The molecule has 1 fully saturated rings. The third-order valence-corrected chi connectivity index (χ3v) is 3.80. The fraction of sp³-hybridized carbons (Fsp3) is 0.769. The van der Waals surface area contributed by atoms with Gasteiger partial charge in [-0.1, -0.05) is 20.8 Å². The standard InChI is InChI=1S/C13H21F2N3/c1-11(2,3)10-9(8-17-18-10)12(16)4-6-13(14,15)7-5-12/h8H,4-7,16H2,1-3H3,(H,17,18). The van der Waals surface area contributed by atoms with E-state index in [0.717, 1.165) is 11.3 Å². The fourth-order valence-corrected chi connectivity index (χ4v) is 2.57. The minimum Gasteiger partial charge on any atom is -0.321 e. The largest absolute Gasteiger partial charge is 0.321 e. The number of nitrogens with zero attached hydrogens (tertiary/aromatic N) is 1. The zero-order valence-corrected chi connectivity index (χ0v) is 11.2. The van der Waals surface area contributed by atoms with E-state index in [1.54, 1.807) is 6.20 Å². The van der Waals surface area contributed by atoms with Crippen LogP contribution in [0.2, 0.25) is 0 Å². The van der Waals surface area contributed by atoms with Gasteiger partial charge in [-0.15, -0.1) is 0 Å². The van der Waals surface area contributed by atoms with Crippen molar-refractivity contribution in [3.8, 4) is 0 Å². The van der Waals surface area contributed by atoms with Gasteiger partial charge in [-0.3, -0.25) is 5.10 Å². The normalized spacial score (nSPS) is 23.0. The van der Waals surface area contributed by atoms with E-state index >= 15 is 0 Å². The van der Waals surface area contributed by atoms with Gasteiger partial charge in [0.05, 0.1) is 6.20 Å². The zero-order valence-electron chi connectivity index (χ0n) is 11.2. The number of aromatic amines is 1. The number of alkyl halides is 2. The van der Waals surface area contributed by atoms with Crippen molar-refractivity contribution in [1.82, 2.24) is 10.2 Å². The minimum atomic E-state index is -2.56. The van der Waals surface area contributed by atoms with Crippen LogP contribution in [0, 0.1) is 0 Å². The number of rotatable bonds is 1. The molecule has 0 aliphatic heterocycles. The molecule has 0 unspecified atom stereocenters. The van der Waals surface area contributed by atoms with Gasteiger partial charge in [-0.25, -0.2) is 8.78 Å². The molecule has 1 saturated carbocycles. The van der Waals surface area contributed by atoms with Gasteiger partial charge < -0.3 is 5.73 Å². The van der Waals surface area contributed by atoms with Crippen molar-refractivity contribution >= 4 is 0 Å². The summed E-state index contributed by atoms with van der Waals surface area (Å²) in [6.07, 6.45) is 2.03. The summed E-state index contributed by atoms with van der Waals surface area (Å²) < 4.78 is 26.5. The highest BCUT2D eigenvalue weighted by atomic mass is 19.3. The van der Waals surface area contributed by atoms with E-state index in [-0.39, 0.29) is 18.3 Å². The van der Waals surface area contributed by atoms with E-state index in [2.05, 4.69) is 31.0 Å². The monoisotopic (exact) mass is 257 g/mol. The van der Waals surface area contributed by atoms with Crippen molar-refractivity contribution in [3.05, 3.63) is 17.5 Å². The second-order valence-corrected chi connectivity index (χ2v) is 6.42. The summed E-state index contributed by atoms with van der Waals surface area (Å²) in [7, 11) is 0. The fourth-order valence-electron chi connectivity index (χ4n) is 2.57. The summed E-state index contributed by atoms with van der Waals surface area (Å²) in [5.74, 6) is -2.56. The summed E-state index contributed by atoms with van der Waals surface area (Å²) in [5.41, 5.74) is 7.42. The molecule has 0 atom stereocenters. The van der Waals surface area contributed by atoms with E-state index in [4.69, 9.17) is 5.73 Å². The number of H-pyrrole nitrogens is 1. The molecule has 5 heteroatoms. The number of nitrogens with two attached hydrogens (primary N) is 1. The maximum atomic E-state index is 13.2. The van der Waals surface area contributed by atoms with Crippen LogP contribution in [0.15, 0.2) is 6.20 Å². The quantitative estimate of drug-likeness (QED) is 0.812. The van der Waals surface area contributed by atoms with Crippen LogP contribution in [0.25, 0.3) is 0 Å². The van der Waals surface area contributed by atoms with Crippen molar-refractivity contribution in [2.75, 3.05) is 0 Å². The lowest BCUT2D eigenvalue weighted by Gasteiger charge is -2.38. The Kier molecular flexibility index (Phi) is 3.00. The highest BCUT2D eigenvalue weighted by Gasteiger charge is 2.44. The summed E-state index contributed by atoms with van der Waals surface area (Å²) in [5, 5.41) is 7.02. The van der Waals surface area contributed by atoms with Crippen molar-refractivity contribution in [2.45, 2.75) is 63.3 Å². The van der Waals surface area contributed by atoms with Gasteiger partial charge >= 0.3 is 0 Å². The second kappa shape index (κ2) is 4.02. The Hall–Kier alpha value is -0.970. The number of aromatic nitrogens is 2. The Labute approximate surface area is 106 Å². The summed E-state index contributed by atoms with van der Waals surface area (Å²) in [6.45, 7) is 6.18. The number of hydrogen-bond donors (Lipinski definition) is 2. The van der Waals surface area contributed by atoms with E-state index in [0.29, 0.717) is 12.8 Å². The molecule has 0 saturated heterocycles. The van der Waals surface area contributed by atoms with Crippen molar-refractivity contribution in [1.29, 1.82) is 0 Å². The number of halogens is 2. The first-order valence-electron chi connectivity index (χ1n) is 6.35. The highest BCUT2D eigenvalue weighted by molar-refractivity contribution is 5.31. The second-order valence-electron chi connectivity index (χ2n) is 6.42. The SMILES string of the molecule is CC(C)(C)c1[nH]ncc1C1(N)CCC(F)(F)CC1. The van der Waals surface area contributed by atoms with Gasteiger partial charge in [-0.05, 0) is 12.8 Å². The van der Waals surface area contributed by atoms with Gasteiger partial charge in [0.2, 0.25) is 5.92 Å². The molecule has 2 rings (SSSR count). The molecule has 1 heterocycles. The van der Waals surface area contributed by atoms with E-state index < -0.39 is 11.5 Å². The molecule has 0 spiro atoms. The summed E-state index contributed by atoms with van der Waals surface area (Å²) in [4.78, 5) is 0. The Balaban J connectivity index is 2.30. The predicted molar refractivity (Wildman–Crippen MR) is 66.6 cm³/mol. The lowest BCUT2D eigenvalue weighted by Crippen LogP contribution is -2.44.